The van der Waals surface area contributed by atoms with Gasteiger partial charge in [-0.1, -0.05) is 41.1 Å². The Hall–Kier alpha value is -1.35. The number of anilines is 1. The van der Waals surface area contributed by atoms with E-state index in [2.05, 4.69) is 59.4 Å². The highest BCUT2D eigenvalue weighted by atomic mass is 79.9. The van der Waals surface area contributed by atoms with E-state index in [1.54, 1.807) is 6.07 Å². The van der Waals surface area contributed by atoms with E-state index in [0.717, 1.165) is 22.1 Å². The molecule has 0 spiro atoms. The molecule has 1 nitrogen and oxygen atoms in total. The third-order valence-electron chi connectivity index (χ3n) is 3.17. The number of halogens is 2. The highest BCUT2D eigenvalue weighted by molar-refractivity contribution is 9.10. The van der Waals surface area contributed by atoms with Crippen LogP contribution in [-0.4, -0.2) is 0 Å². The van der Waals surface area contributed by atoms with Crippen molar-refractivity contribution >= 4 is 21.6 Å². The minimum atomic E-state index is -0.227. The van der Waals surface area contributed by atoms with Crippen molar-refractivity contribution in [2.45, 2.75) is 26.3 Å². The lowest BCUT2D eigenvalue weighted by Gasteiger charge is -2.17. The normalized spacial score (nSPS) is 12.2. The van der Waals surface area contributed by atoms with Crippen LogP contribution in [0.2, 0.25) is 0 Å². The van der Waals surface area contributed by atoms with Crippen LogP contribution < -0.4 is 5.32 Å². The van der Waals surface area contributed by atoms with E-state index in [4.69, 9.17) is 0 Å². The first-order valence-corrected chi connectivity index (χ1v) is 7.20. The smallest absolute Gasteiger partial charge is 0.124 e. The SMILES string of the molecule is CCc1ccc(NC(C)c2ccc(F)cc2Br)cc1. The molecular formula is C16H17BrFN. The molecule has 0 saturated carbocycles. The molecule has 3 heteroatoms. The summed E-state index contributed by atoms with van der Waals surface area (Å²) in [7, 11) is 0. The van der Waals surface area contributed by atoms with Gasteiger partial charge in [-0.15, -0.1) is 0 Å². The molecule has 1 N–H and O–H groups in total. The first-order valence-electron chi connectivity index (χ1n) is 6.40. The first-order chi connectivity index (χ1) is 9.10. The summed E-state index contributed by atoms with van der Waals surface area (Å²) >= 11 is 3.40. The van der Waals surface area contributed by atoms with Crippen molar-refractivity contribution in [1.82, 2.24) is 0 Å². The van der Waals surface area contributed by atoms with E-state index < -0.39 is 0 Å². The Balaban J connectivity index is 2.13. The molecule has 19 heavy (non-hydrogen) atoms. The van der Waals surface area contributed by atoms with Crippen LogP contribution in [0.15, 0.2) is 46.9 Å². The molecule has 0 heterocycles. The maximum Gasteiger partial charge on any atom is 0.124 e. The van der Waals surface area contributed by atoms with Gasteiger partial charge in [0.05, 0.1) is 0 Å². The zero-order valence-corrected chi connectivity index (χ0v) is 12.7. The second-order valence-electron chi connectivity index (χ2n) is 4.58. The van der Waals surface area contributed by atoms with Crippen molar-refractivity contribution in [3.8, 4) is 0 Å². The van der Waals surface area contributed by atoms with E-state index in [1.165, 1.54) is 17.7 Å². The van der Waals surface area contributed by atoms with Crippen LogP contribution in [0.25, 0.3) is 0 Å². The van der Waals surface area contributed by atoms with Crippen molar-refractivity contribution in [3.63, 3.8) is 0 Å². The molecule has 0 saturated heterocycles. The quantitative estimate of drug-likeness (QED) is 0.803. The number of hydrogen-bond acceptors (Lipinski definition) is 1. The van der Waals surface area contributed by atoms with Gasteiger partial charge in [-0.3, -0.25) is 0 Å². The van der Waals surface area contributed by atoms with Crippen LogP contribution in [0.4, 0.5) is 10.1 Å². The molecule has 0 aliphatic carbocycles. The van der Waals surface area contributed by atoms with Crippen molar-refractivity contribution in [3.05, 3.63) is 63.9 Å². The molecule has 0 amide bonds. The lowest BCUT2D eigenvalue weighted by atomic mass is 10.1. The van der Waals surface area contributed by atoms with Gasteiger partial charge < -0.3 is 5.32 Å². The summed E-state index contributed by atoms with van der Waals surface area (Å²) in [6.45, 7) is 4.20. The van der Waals surface area contributed by atoms with Crippen LogP contribution in [0.5, 0.6) is 0 Å². The molecule has 0 radical (unpaired) electrons. The standard InChI is InChI=1S/C16H17BrFN/c1-3-12-4-7-14(8-5-12)19-11(2)15-9-6-13(18)10-16(15)17/h4-11,19H,3H2,1-2H3. The lowest BCUT2D eigenvalue weighted by Crippen LogP contribution is -2.07. The van der Waals surface area contributed by atoms with Gasteiger partial charge in [-0.2, -0.15) is 0 Å². The van der Waals surface area contributed by atoms with Crippen LogP contribution in [0.1, 0.15) is 31.0 Å². The topological polar surface area (TPSA) is 12.0 Å². The second kappa shape index (κ2) is 6.20. The Morgan fingerprint density at radius 1 is 1.16 bits per heavy atom. The molecule has 0 aliphatic rings. The lowest BCUT2D eigenvalue weighted by molar-refractivity contribution is 0.625. The number of rotatable bonds is 4. The highest BCUT2D eigenvalue weighted by Gasteiger charge is 2.09. The monoisotopic (exact) mass is 321 g/mol. The van der Waals surface area contributed by atoms with Gasteiger partial charge in [0.15, 0.2) is 0 Å². The summed E-state index contributed by atoms with van der Waals surface area (Å²) in [6.07, 6.45) is 1.04. The fraction of sp³-hybridized carbons (Fsp3) is 0.250. The fourth-order valence-electron chi connectivity index (χ4n) is 2.02. The first kappa shape index (κ1) is 14.1. The number of aryl methyl sites for hydroxylation is 1. The van der Waals surface area contributed by atoms with Gasteiger partial charge in [0.1, 0.15) is 5.82 Å². The Labute approximate surface area is 122 Å². The molecule has 1 atom stereocenters. The highest BCUT2D eigenvalue weighted by Crippen LogP contribution is 2.27. The molecule has 1 unspecified atom stereocenters. The third-order valence-corrected chi connectivity index (χ3v) is 3.86. The Kier molecular flexibility index (Phi) is 4.59. The summed E-state index contributed by atoms with van der Waals surface area (Å²) in [5, 5.41) is 3.42. The predicted molar refractivity (Wildman–Crippen MR) is 82.0 cm³/mol. The van der Waals surface area contributed by atoms with Gasteiger partial charge >= 0.3 is 0 Å². The molecule has 2 aromatic carbocycles. The number of benzene rings is 2. The van der Waals surface area contributed by atoms with Crippen LogP contribution in [0, 0.1) is 5.82 Å². The summed E-state index contributed by atoms with van der Waals surface area (Å²) < 4.78 is 13.9. The average Bonchev–Trinajstić information content (AvgIpc) is 2.39. The largest absolute Gasteiger partial charge is 0.378 e. The van der Waals surface area contributed by atoms with E-state index >= 15 is 0 Å². The van der Waals surface area contributed by atoms with Crippen molar-refractivity contribution < 1.29 is 4.39 Å². The molecule has 0 aromatic heterocycles. The van der Waals surface area contributed by atoms with Crippen LogP contribution in [-0.2, 0) is 6.42 Å². The minimum Gasteiger partial charge on any atom is -0.378 e. The molecule has 2 aromatic rings. The van der Waals surface area contributed by atoms with Crippen molar-refractivity contribution in [2.24, 2.45) is 0 Å². The summed E-state index contributed by atoms with van der Waals surface area (Å²) in [5.74, 6) is -0.227. The number of nitrogens with one attached hydrogen (secondary N) is 1. The van der Waals surface area contributed by atoms with Crippen LogP contribution >= 0.6 is 15.9 Å². The summed E-state index contributed by atoms with van der Waals surface area (Å²) in [6, 6.07) is 13.3. The van der Waals surface area contributed by atoms with Crippen molar-refractivity contribution in [2.75, 3.05) is 5.32 Å². The van der Waals surface area contributed by atoms with Crippen LogP contribution in [0.3, 0.4) is 0 Å². The maximum absolute atomic E-state index is 13.1. The van der Waals surface area contributed by atoms with E-state index in [-0.39, 0.29) is 11.9 Å². The molecular weight excluding hydrogens is 305 g/mol. The van der Waals surface area contributed by atoms with Gasteiger partial charge in [-0.05, 0) is 48.7 Å². The number of hydrogen-bond donors (Lipinski definition) is 1. The Morgan fingerprint density at radius 2 is 1.84 bits per heavy atom. The predicted octanol–water partition coefficient (Wildman–Crippen LogP) is 5.32. The summed E-state index contributed by atoms with van der Waals surface area (Å²) in [4.78, 5) is 0. The second-order valence-corrected chi connectivity index (χ2v) is 5.44. The molecule has 0 bridgehead atoms. The average molecular weight is 322 g/mol. The maximum atomic E-state index is 13.1. The van der Waals surface area contributed by atoms with Gasteiger partial charge in [0.25, 0.3) is 0 Å². The minimum absolute atomic E-state index is 0.113. The molecule has 0 aliphatic heterocycles. The van der Waals surface area contributed by atoms with E-state index in [0.29, 0.717) is 0 Å². The zero-order valence-electron chi connectivity index (χ0n) is 11.1. The molecule has 100 valence electrons. The summed E-state index contributed by atoms with van der Waals surface area (Å²) in [5.41, 5.74) is 3.43. The Bertz CT molecular complexity index is 551. The third kappa shape index (κ3) is 3.57. The zero-order chi connectivity index (χ0) is 13.8. The molecule has 2 rings (SSSR count). The fourth-order valence-corrected chi connectivity index (χ4v) is 2.71. The van der Waals surface area contributed by atoms with E-state index in [9.17, 15) is 4.39 Å². The van der Waals surface area contributed by atoms with E-state index in [1.807, 2.05) is 0 Å². The van der Waals surface area contributed by atoms with Gasteiger partial charge in [-0.25, -0.2) is 4.39 Å². The molecule has 0 fully saturated rings. The van der Waals surface area contributed by atoms with Gasteiger partial charge in [0.2, 0.25) is 0 Å². The Morgan fingerprint density at radius 3 is 2.42 bits per heavy atom. The van der Waals surface area contributed by atoms with Gasteiger partial charge in [0, 0.05) is 16.2 Å². The van der Waals surface area contributed by atoms with Crippen molar-refractivity contribution in [1.29, 1.82) is 0 Å².